The molecular formula is C52H42N2. The fourth-order valence-electron chi connectivity index (χ4n) is 12.3. The van der Waals surface area contributed by atoms with Crippen molar-refractivity contribution in [3.63, 3.8) is 0 Å². The van der Waals surface area contributed by atoms with Crippen LogP contribution in [-0.2, 0) is 5.41 Å². The highest BCUT2D eigenvalue weighted by Crippen LogP contribution is 2.69. The highest BCUT2D eigenvalue weighted by atomic mass is 15.2. The van der Waals surface area contributed by atoms with Crippen LogP contribution in [0.4, 0.5) is 17.1 Å². The second-order valence-corrected chi connectivity index (χ2v) is 16.5. The van der Waals surface area contributed by atoms with Crippen LogP contribution < -0.4 is 4.90 Å². The van der Waals surface area contributed by atoms with E-state index in [4.69, 9.17) is 0 Å². The summed E-state index contributed by atoms with van der Waals surface area (Å²) in [5.41, 5.74) is 15.7. The zero-order chi connectivity index (χ0) is 35.4. The fraction of sp³-hybridized carbons (Fsp3) is 0.192. The first-order valence-corrected chi connectivity index (χ1v) is 20.0. The Kier molecular flexibility index (Phi) is 6.55. The molecule has 2 heteroatoms. The van der Waals surface area contributed by atoms with E-state index in [1.54, 1.807) is 11.1 Å². The van der Waals surface area contributed by atoms with Crippen molar-refractivity contribution in [2.45, 2.75) is 37.5 Å². The molecule has 4 bridgehead atoms. The van der Waals surface area contributed by atoms with Gasteiger partial charge in [0.2, 0.25) is 0 Å². The van der Waals surface area contributed by atoms with Crippen molar-refractivity contribution >= 4 is 38.9 Å². The molecule has 7 aromatic carbocycles. The monoisotopic (exact) mass is 694 g/mol. The highest BCUT2D eigenvalue weighted by Gasteiger charge is 2.61. The molecule has 4 fully saturated rings. The second kappa shape index (κ2) is 11.6. The molecule has 4 aliphatic carbocycles. The molecule has 0 atom stereocenters. The summed E-state index contributed by atoms with van der Waals surface area (Å²) in [5, 5.41) is 2.56. The van der Waals surface area contributed by atoms with Gasteiger partial charge in [0, 0.05) is 27.3 Å². The highest BCUT2D eigenvalue weighted by molar-refractivity contribution is 6.10. The van der Waals surface area contributed by atoms with Gasteiger partial charge in [-0.1, -0.05) is 133 Å². The Morgan fingerprint density at radius 1 is 0.352 bits per heavy atom. The van der Waals surface area contributed by atoms with Gasteiger partial charge in [0.15, 0.2) is 0 Å². The molecule has 2 nitrogen and oxygen atoms in total. The first-order valence-electron chi connectivity index (χ1n) is 20.0. The number of aromatic nitrogens is 1. The maximum absolute atomic E-state index is 2.62. The summed E-state index contributed by atoms with van der Waals surface area (Å²) in [4.78, 5) is 2.62. The standard InChI is InChI=1S/C52H42N2/c1-2-16-39(38(15-1)40-17-3-9-23-46(40)53-48-25-11-5-19-42(48)43-20-6-12-26-49(43)53)41-18-4-10-24-47(41)54-50-27-13-7-21-44(50)52(45-22-8-14-28-51(45)54)36-30-34-29-35(32-36)33-37(52)31-34/h1-28,34-37H,29-33H2. The number of rotatable bonds is 4. The molecule has 54 heavy (non-hydrogen) atoms. The van der Waals surface area contributed by atoms with Crippen LogP contribution in [0.15, 0.2) is 170 Å². The molecular weight excluding hydrogens is 653 g/mol. The molecule has 4 saturated carbocycles. The molecule has 0 amide bonds. The van der Waals surface area contributed by atoms with E-state index in [9.17, 15) is 0 Å². The van der Waals surface area contributed by atoms with E-state index in [0.717, 1.165) is 11.8 Å². The molecule has 1 aliphatic heterocycles. The predicted octanol–water partition coefficient (Wildman–Crippen LogP) is 13.6. The number of nitrogens with zero attached hydrogens (tertiary/aromatic N) is 2. The molecule has 13 rings (SSSR count). The maximum Gasteiger partial charge on any atom is 0.0541 e. The normalized spacial score (nSPS) is 21.8. The quantitative estimate of drug-likeness (QED) is 0.178. The van der Waals surface area contributed by atoms with Gasteiger partial charge in [-0.2, -0.15) is 0 Å². The largest absolute Gasteiger partial charge is 0.309 e. The van der Waals surface area contributed by atoms with Crippen molar-refractivity contribution in [3.8, 4) is 27.9 Å². The lowest BCUT2D eigenvalue weighted by molar-refractivity contribution is -0.0419. The number of anilines is 3. The smallest absolute Gasteiger partial charge is 0.0541 e. The van der Waals surface area contributed by atoms with Crippen LogP contribution in [0.25, 0.3) is 49.7 Å². The van der Waals surface area contributed by atoms with Gasteiger partial charge < -0.3 is 9.47 Å². The lowest BCUT2D eigenvalue weighted by Gasteiger charge is -2.64. The molecule has 8 aromatic rings. The van der Waals surface area contributed by atoms with E-state index in [2.05, 4.69) is 179 Å². The van der Waals surface area contributed by atoms with Crippen LogP contribution in [0.3, 0.4) is 0 Å². The Morgan fingerprint density at radius 3 is 1.28 bits per heavy atom. The molecule has 0 unspecified atom stereocenters. The lowest BCUT2D eigenvalue weighted by atomic mass is 9.41. The summed E-state index contributed by atoms with van der Waals surface area (Å²) in [5.74, 6) is 3.26. The van der Waals surface area contributed by atoms with Crippen molar-refractivity contribution < 1.29 is 0 Å². The Balaban J connectivity index is 1.07. The summed E-state index contributed by atoms with van der Waals surface area (Å²) < 4.78 is 2.46. The van der Waals surface area contributed by atoms with Crippen LogP contribution in [0, 0.1) is 23.7 Å². The first-order chi connectivity index (χ1) is 26.8. The van der Waals surface area contributed by atoms with Gasteiger partial charge in [-0.05, 0) is 114 Å². The summed E-state index contributed by atoms with van der Waals surface area (Å²) in [6.07, 6.45) is 6.98. The molecule has 2 heterocycles. The van der Waals surface area contributed by atoms with Gasteiger partial charge in [0.05, 0.1) is 33.8 Å². The third kappa shape index (κ3) is 4.12. The van der Waals surface area contributed by atoms with Gasteiger partial charge in [-0.15, -0.1) is 0 Å². The zero-order valence-electron chi connectivity index (χ0n) is 30.4. The third-order valence-corrected chi connectivity index (χ3v) is 14.0. The van der Waals surface area contributed by atoms with Crippen LogP contribution >= 0.6 is 0 Å². The summed E-state index contributed by atoms with van der Waals surface area (Å²) in [6.45, 7) is 0. The minimum absolute atomic E-state index is 0.0885. The lowest BCUT2D eigenvalue weighted by Crippen LogP contribution is -2.57. The van der Waals surface area contributed by atoms with Gasteiger partial charge in [0.25, 0.3) is 0 Å². The SMILES string of the molecule is c1ccc(-c2ccccc2-n2c3ccccc3c3ccccc32)c(-c2ccccc2N2c3ccccc3C3(c4ccccc42)C2CC4CC(C2)CC3C4)c1. The number of hydrogen-bond acceptors (Lipinski definition) is 1. The Labute approximate surface area is 317 Å². The number of para-hydroxylation sites is 6. The van der Waals surface area contributed by atoms with E-state index >= 15 is 0 Å². The topological polar surface area (TPSA) is 8.17 Å². The molecule has 0 radical (unpaired) electrons. The minimum Gasteiger partial charge on any atom is -0.309 e. The summed E-state index contributed by atoms with van der Waals surface area (Å²) >= 11 is 0. The van der Waals surface area contributed by atoms with Gasteiger partial charge in [-0.25, -0.2) is 0 Å². The molecule has 0 saturated heterocycles. The van der Waals surface area contributed by atoms with E-state index in [-0.39, 0.29) is 5.41 Å². The van der Waals surface area contributed by atoms with Crippen LogP contribution in [-0.4, -0.2) is 4.57 Å². The van der Waals surface area contributed by atoms with Gasteiger partial charge in [0.1, 0.15) is 0 Å². The van der Waals surface area contributed by atoms with E-state index in [1.807, 2.05) is 0 Å². The van der Waals surface area contributed by atoms with Crippen LogP contribution in [0.2, 0.25) is 0 Å². The Morgan fingerprint density at radius 2 is 0.741 bits per heavy atom. The summed E-state index contributed by atoms with van der Waals surface area (Å²) in [7, 11) is 0. The Hall–Kier alpha value is -5.86. The maximum atomic E-state index is 2.62. The van der Waals surface area contributed by atoms with Crippen LogP contribution in [0.1, 0.15) is 43.2 Å². The average molecular weight is 695 g/mol. The molecule has 5 aliphatic rings. The molecule has 260 valence electrons. The predicted molar refractivity (Wildman–Crippen MR) is 224 cm³/mol. The average Bonchev–Trinajstić information content (AvgIpc) is 3.56. The molecule has 1 spiro atoms. The van der Waals surface area contributed by atoms with Crippen molar-refractivity contribution in [2.75, 3.05) is 4.90 Å². The molecule has 0 N–H and O–H groups in total. The zero-order valence-corrected chi connectivity index (χ0v) is 30.4. The van der Waals surface area contributed by atoms with Gasteiger partial charge in [-0.3, -0.25) is 0 Å². The summed E-state index contributed by atoms with van der Waals surface area (Å²) in [6, 6.07) is 63.8. The van der Waals surface area contributed by atoms with E-state index in [0.29, 0.717) is 11.8 Å². The van der Waals surface area contributed by atoms with E-state index < -0.39 is 0 Å². The van der Waals surface area contributed by atoms with E-state index in [1.165, 1.54) is 98.9 Å². The minimum atomic E-state index is 0.0885. The molecule has 1 aromatic heterocycles. The second-order valence-electron chi connectivity index (χ2n) is 16.5. The number of benzene rings is 7. The van der Waals surface area contributed by atoms with Crippen molar-refractivity contribution in [1.29, 1.82) is 0 Å². The number of fused-ring (bicyclic) bond motifs is 5. The third-order valence-electron chi connectivity index (χ3n) is 14.0. The van der Waals surface area contributed by atoms with Crippen LogP contribution in [0.5, 0.6) is 0 Å². The van der Waals surface area contributed by atoms with Crippen molar-refractivity contribution in [3.05, 3.63) is 181 Å². The fourth-order valence-corrected chi connectivity index (χ4v) is 12.3. The van der Waals surface area contributed by atoms with Gasteiger partial charge >= 0.3 is 0 Å². The first kappa shape index (κ1) is 30.6. The van der Waals surface area contributed by atoms with Crippen molar-refractivity contribution in [2.24, 2.45) is 23.7 Å². The number of hydrogen-bond donors (Lipinski definition) is 0. The van der Waals surface area contributed by atoms with Crippen molar-refractivity contribution in [1.82, 2.24) is 4.57 Å². The Bertz CT molecular complexity index is 2640.